The fraction of sp³-hybridized carbons (Fsp3) is 0.667. The van der Waals surface area contributed by atoms with Crippen molar-refractivity contribution in [3.05, 3.63) is 30.3 Å². The topological polar surface area (TPSA) is 35.9 Å². The van der Waals surface area contributed by atoms with Crippen LogP contribution in [0.5, 0.6) is 0 Å². The Morgan fingerprint density at radius 2 is 1.50 bits per heavy atom. The molecule has 1 fully saturated rings. The molecule has 0 spiro atoms. The largest absolute Gasteiger partial charge is 0.394 e. The highest BCUT2D eigenvalue weighted by Crippen LogP contribution is 2.15. The fourth-order valence-electron chi connectivity index (χ4n) is 2.23. The number of para-hydroxylation sites is 1. The molecule has 0 bridgehead atoms. The summed E-state index contributed by atoms with van der Waals surface area (Å²) in [6, 6.07) is 10.6. The highest BCUT2D eigenvalue weighted by Gasteiger charge is 2.16. The van der Waals surface area contributed by atoms with Crippen LogP contribution in [-0.2, 0) is 4.74 Å². The second-order valence-corrected chi connectivity index (χ2v) is 4.50. The predicted molar refractivity (Wildman–Crippen MR) is 95.7 cm³/mol. The predicted octanol–water partition coefficient (Wildman–Crippen LogP) is 2.87. The van der Waals surface area contributed by atoms with E-state index in [0.29, 0.717) is 13.2 Å². The molecule has 1 aromatic rings. The van der Waals surface area contributed by atoms with Gasteiger partial charge in [-0.2, -0.15) is 0 Å². The van der Waals surface area contributed by atoms with Crippen LogP contribution >= 0.6 is 0 Å². The quantitative estimate of drug-likeness (QED) is 0.820. The molecule has 4 nitrogen and oxygen atoms in total. The molecule has 0 unspecified atom stereocenters. The zero-order valence-corrected chi connectivity index (χ0v) is 14.8. The van der Waals surface area contributed by atoms with Gasteiger partial charge in [0.2, 0.25) is 0 Å². The number of rotatable bonds is 6. The van der Waals surface area contributed by atoms with Crippen molar-refractivity contribution in [2.24, 2.45) is 0 Å². The zero-order valence-electron chi connectivity index (χ0n) is 14.8. The van der Waals surface area contributed by atoms with Crippen molar-refractivity contribution in [3.8, 4) is 0 Å². The molecule has 1 saturated heterocycles. The van der Waals surface area contributed by atoms with Crippen LogP contribution in [0.4, 0.5) is 5.69 Å². The molecule has 0 amide bonds. The molecule has 0 aromatic heterocycles. The summed E-state index contributed by atoms with van der Waals surface area (Å²) in [7, 11) is 0. The van der Waals surface area contributed by atoms with Gasteiger partial charge >= 0.3 is 0 Å². The van der Waals surface area contributed by atoms with Gasteiger partial charge in [0.1, 0.15) is 0 Å². The van der Waals surface area contributed by atoms with Crippen molar-refractivity contribution in [1.29, 1.82) is 0 Å². The van der Waals surface area contributed by atoms with E-state index < -0.39 is 0 Å². The van der Waals surface area contributed by atoms with Gasteiger partial charge in [-0.05, 0) is 12.1 Å². The van der Waals surface area contributed by atoms with Crippen molar-refractivity contribution in [1.82, 2.24) is 4.90 Å². The third-order valence-corrected chi connectivity index (χ3v) is 3.28. The van der Waals surface area contributed by atoms with Gasteiger partial charge < -0.3 is 14.7 Å². The van der Waals surface area contributed by atoms with E-state index in [9.17, 15) is 0 Å². The average Bonchev–Trinajstić information content (AvgIpc) is 2.63. The monoisotopic (exact) mass is 310 g/mol. The third-order valence-electron chi connectivity index (χ3n) is 3.28. The lowest BCUT2D eigenvalue weighted by atomic mass is 10.2. The first-order valence-corrected chi connectivity index (χ1v) is 8.61. The summed E-state index contributed by atoms with van der Waals surface area (Å²) in [4.78, 5) is 4.84. The molecule has 1 N–H and O–H groups in total. The molecule has 1 aliphatic rings. The SMILES string of the molecule is CC.CC.OCCOCCN1CCN(c2ccccc2)CC1. The Kier molecular flexibility index (Phi) is 14.1. The van der Waals surface area contributed by atoms with Gasteiger partial charge in [-0.1, -0.05) is 45.9 Å². The molecule has 1 aromatic carbocycles. The minimum absolute atomic E-state index is 0.113. The van der Waals surface area contributed by atoms with Crippen LogP contribution in [0.25, 0.3) is 0 Å². The molecule has 128 valence electrons. The molecule has 0 atom stereocenters. The van der Waals surface area contributed by atoms with E-state index in [1.165, 1.54) is 5.69 Å². The van der Waals surface area contributed by atoms with Crippen LogP contribution in [0, 0.1) is 0 Å². The summed E-state index contributed by atoms with van der Waals surface area (Å²) in [6.45, 7) is 14.5. The Morgan fingerprint density at radius 1 is 0.909 bits per heavy atom. The highest BCUT2D eigenvalue weighted by atomic mass is 16.5. The van der Waals surface area contributed by atoms with E-state index in [1.54, 1.807) is 0 Å². The van der Waals surface area contributed by atoms with Gasteiger partial charge in [0, 0.05) is 38.4 Å². The van der Waals surface area contributed by atoms with Crippen LogP contribution < -0.4 is 4.90 Å². The first kappa shape index (κ1) is 20.9. The van der Waals surface area contributed by atoms with Crippen molar-refractivity contribution in [3.63, 3.8) is 0 Å². The standard InChI is InChI=1S/C14H22N2O2.2C2H6/c17-11-13-18-12-10-15-6-8-16(9-7-15)14-4-2-1-3-5-14;2*1-2/h1-5,17H,6-13H2;2*1-2H3. The van der Waals surface area contributed by atoms with Crippen LogP contribution in [0.3, 0.4) is 0 Å². The number of benzene rings is 1. The lowest BCUT2D eigenvalue weighted by molar-refractivity contribution is 0.0724. The van der Waals surface area contributed by atoms with Crippen molar-refractivity contribution < 1.29 is 9.84 Å². The zero-order chi connectivity index (χ0) is 16.6. The Labute approximate surface area is 136 Å². The summed E-state index contributed by atoms with van der Waals surface area (Å²) >= 11 is 0. The van der Waals surface area contributed by atoms with Crippen LogP contribution in [0.2, 0.25) is 0 Å². The van der Waals surface area contributed by atoms with Gasteiger partial charge in [0.05, 0.1) is 19.8 Å². The summed E-state index contributed by atoms with van der Waals surface area (Å²) in [6.07, 6.45) is 0. The van der Waals surface area contributed by atoms with E-state index in [-0.39, 0.29) is 6.61 Å². The summed E-state index contributed by atoms with van der Waals surface area (Å²) in [5, 5.41) is 8.62. The lowest BCUT2D eigenvalue weighted by Crippen LogP contribution is -2.47. The molecule has 0 saturated carbocycles. The van der Waals surface area contributed by atoms with E-state index >= 15 is 0 Å². The van der Waals surface area contributed by atoms with Crippen molar-refractivity contribution in [2.45, 2.75) is 27.7 Å². The van der Waals surface area contributed by atoms with Gasteiger partial charge in [-0.15, -0.1) is 0 Å². The molecule has 2 rings (SSSR count). The molecular weight excluding hydrogens is 276 g/mol. The van der Waals surface area contributed by atoms with Crippen LogP contribution in [-0.4, -0.2) is 62.6 Å². The Morgan fingerprint density at radius 3 is 2.05 bits per heavy atom. The van der Waals surface area contributed by atoms with Gasteiger partial charge in [-0.25, -0.2) is 0 Å². The Hall–Kier alpha value is -1.10. The maximum absolute atomic E-state index is 8.62. The average molecular weight is 310 g/mol. The number of aliphatic hydroxyl groups is 1. The molecule has 1 aliphatic heterocycles. The maximum atomic E-state index is 8.62. The highest BCUT2D eigenvalue weighted by molar-refractivity contribution is 5.46. The Bertz CT molecular complexity index is 325. The molecule has 22 heavy (non-hydrogen) atoms. The van der Waals surface area contributed by atoms with Crippen molar-refractivity contribution >= 4 is 5.69 Å². The number of piperazine rings is 1. The van der Waals surface area contributed by atoms with Gasteiger partial charge in [-0.3, -0.25) is 4.90 Å². The van der Waals surface area contributed by atoms with E-state index in [2.05, 4.69) is 40.1 Å². The first-order chi connectivity index (χ1) is 10.9. The second-order valence-electron chi connectivity index (χ2n) is 4.50. The fourth-order valence-corrected chi connectivity index (χ4v) is 2.23. The number of hydrogen-bond donors (Lipinski definition) is 1. The van der Waals surface area contributed by atoms with Crippen molar-refractivity contribution in [2.75, 3.05) is 57.4 Å². The number of hydrogen-bond acceptors (Lipinski definition) is 4. The van der Waals surface area contributed by atoms with Gasteiger partial charge in [0.25, 0.3) is 0 Å². The van der Waals surface area contributed by atoms with Crippen LogP contribution in [0.1, 0.15) is 27.7 Å². The smallest absolute Gasteiger partial charge is 0.0698 e. The summed E-state index contributed by atoms with van der Waals surface area (Å²) in [5.74, 6) is 0. The van der Waals surface area contributed by atoms with Crippen LogP contribution in [0.15, 0.2) is 30.3 Å². The Balaban J connectivity index is 0.00000102. The molecule has 1 heterocycles. The number of ether oxygens (including phenoxy) is 1. The van der Waals surface area contributed by atoms with E-state index in [0.717, 1.165) is 32.7 Å². The first-order valence-electron chi connectivity index (χ1n) is 8.61. The molecule has 0 radical (unpaired) electrons. The molecular formula is C18H34N2O2. The number of nitrogens with zero attached hydrogens (tertiary/aromatic N) is 2. The lowest BCUT2D eigenvalue weighted by Gasteiger charge is -2.36. The van der Waals surface area contributed by atoms with E-state index in [4.69, 9.17) is 9.84 Å². The second kappa shape index (κ2) is 14.8. The summed E-state index contributed by atoms with van der Waals surface area (Å²) < 4.78 is 5.29. The normalized spacial score (nSPS) is 14.5. The maximum Gasteiger partial charge on any atom is 0.0698 e. The minimum atomic E-state index is 0.113. The number of aliphatic hydroxyl groups excluding tert-OH is 1. The minimum Gasteiger partial charge on any atom is -0.394 e. The summed E-state index contributed by atoms with van der Waals surface area (Å²) in [5.41, 5.74) is 1.31. The van der Waals surface area contributed by atoms with E-state index in [1.807, 2.05) is 27.7 Å². The molecule has 4 heteroatoms. The third kappa shape index (κ3) is 8.37. The molecule has 0 aliphatic carbocycles. The number of anilines is 1. The van der Waals surface area contributed by atoms with Gasteiger partial charge in [0.15, 0.2) is 0 Å².